The molecule has 0 saturated heterocycles. The highest BCUT2D eigenvalue weighted by Crippen LogP contribution is 2.32. The molecule has 3 atom stereocenters. The molecule has 0 bridgehead atoms. The lowest BCUT2D eigenvalue weighted by molar-refractivity contribution is -0.126. The highest BCUT2D eigenvalue weighted by Gasteiger charge is 2.34. The van der Waals surface area contributed by atoms with Crippen molar-refractivity contribution in [3.05, 3.63) is 59.1 Å². The first kappa shape index (κ1) is 23.4. The SMILES string of the molecule is COc1ccc(N(C(=O)CCl)[C@H](C(=O)N[C@H]2CCCC[C@H]2C)c2ccc(Cl)cc2)cc1. The average Bonchev–Trinajstić information content (AvgIpc) is 2.79. The number of methoxy groups -OCH3 is 1. The van der Waals surface area contributed by atoms with Gasteiger partial charge in [-0.3, -0.25) is 14.5 Å². The normalized spacial score (nSPS) is 19.4. The summed E-state index contributed by atoms with van der Waals surface area (Å²) in [5.41, 5.74) is 1.23. The Morgan fingerprint density at radius 2 is 1.74 bits per heavy atom. The van der Waals surface area contributed by atoms with Gasteiger partial charge in [0.05, 0.1) is 7.11 Å². The Balaban J connectivity index is 2.01. The van der Waals surface area contributed by atoms with Crippen LogP contribution in [0.3, 0.4) is 0 Å². The van der Waals surface area contributed by atoms with Gasteiger partial charge in [0.1, 0.15) is 17.7 Å². The Kier molecular flexibility index (Phi) is 8.22. The van der Waals surface area contributed by atoms with Gasteiger partial charge in [0, 0.05) is 16.8 Å². The second-order valence-corrected chi connectivity index (χ2v) is 8.63. The van der Waals surface area contributed by atoms with Gasteiger partial charge in [-0.25, -0.2) is 0 Å². The molecule has 2 aromatic carbocycles. The number of nitrogens with one attached hydrogen (secondary N) is 1. The van der Waals surface area contributed by atoms with Crippen molar-refractivity contribution in [1.29, 1.82) is 0 Å². The van der Waals surface area contributed by atoms with Crippen molar-refractivity contribution in [3.63, 3.8) is 0 Å². The first-order valence-corrected chi connectivity index (χ1v) is 11.4. The molecule has 5 nitrogen and oxygen atoms in total. The van der Waals surface area contributed by atoms with E-state index in [-0.39, 0.29) is 23.7 Å². The van der Waals surface area contributed by atoms with Gasteiger partial charge in [0.25, 0.3) is 0 Å². The quantitative estimate of drug-likeness (QED) is 0.563. The molecule has 2 amide bonds. The number of carbonyl (C=O) groups excluding carboxylic acids is 2. The first-order valence-electron chi connectivity index (χ1n) is 10.5. The summed E-state index contributed by atoms with van der Waals surface area (Å²) in [6.07, 6.45) is 4.28. The van der Waals surface area contributed by atoms with Crippen LogP contribution in [0, 0.1) is 5.92 Å². The van der Waals surface area contributed by atoms with Crippen LogP contribution in [-0.2, 0) is 9.59 Å². The van der Waals surface area contributed by atoms with Crippen LogP contribution < -0.4 is 15.0 Å². The number of hydrogen-bond donors (Lipinski definition) is 1. The maximum atomic E-state index is 13.6. The molecule has 3 rings (SSSR count). The lowest BCUT2D eigenvalue weighted by atomic mass is 9.85. The summed E-state index contributed by atoms with van der Waals surface area (Å²) in [6, 6.07) is 13.2. The van der Waals surface area contributed by atoms with Gasteiger partial charge in [-0.1, -0.05) is 43.5 Å². The molecule has 0 heterocycles. The van der Waals surface area contributed by atoms with E-state index in [1.54, 1.807) is 55.6 Å². The van der Waals surface area contributed by atoms with Crippen LogP contribution in [0.5, 0.6) is 5.75 Å². The lowest BCUT2D eigenvalue weighted by Crippen LogP contribution is -2.49. The predicted molar refractivity (Wildman–Crippen MR) is 125 cm³/mol. The number of nitrogens with zero attached hydrogens (tertiary/aromatic N) is 1. The van der Waals surface area contributed by atoms with E-state index in [2.05, 4.69) is 12.2 Å². The molecule has 2 aromatic rings. The van der Waals surface area contributed by atoms with Crippen LogP contribution in [0.2, 0.25) is 5.02 Å². The molecule has 1 N–H and O–H groups in total. The van der Waals surface area contributed by atoms with E-state index in [1.165, 1.54) is 11.3 Å². The molecule has 7 heteroatoms. The van der Waals surface area contributed by atoms with E-state index < -0.39 is 6.04 Å². The summed E-state index contributed by atoms with van der Waals surface area (Å²) in [5.74, 6) is 0.213. The summed E-state index contributed by atoms with van der Waals surface area (Å²) >= 11 is 12.0. The van der Waals surface area contributed by atoms with Gasteiger partial charge in [-0.15, -0.1) is 11.6 Å². The van der Waals surface area contributed by atoms with Crippen molar-refractivity contribution in [2.45, 2.75) is 44.7 Å². The van der Waals surface area contributed by atoms with Gasteiger partial charge in [-0.2, -0.15) is 0 Å². The van der Waals surface area contributed by atoms with Crippen LogP contribution in [0.25, 0.3) is 0 Å². The summed E-state index contributed by atoms with van der Waals surface area (Å²) < 4.78 is 5.23. The lowest BCUT2D eigenvalue weighted by Gasteiger charge is -2.35. The zero-order valence-corrected chi connectivity index (χ0v) is 19.3. The summed E-state index contributed by atoms with van der Waals surface area (Å²) in [5, 5.41) is 3.76. The topological polar surface area (TPSA) is 58.6 Å². The number of carbonyl (C=O) groups is 2. The van der Waals surface area contributed by atoms with E-state index in [9.17, 15) is 9.59 Å². The van der Waals surface area contributed by atoms with Crippen molar-refractivity contribution in [2.75, 3.05) is 17.9 Å². The van der Waals surface area contributed by atoms with Crippen LogP contribution in [-0.4, -0.2) is 30.8 Å². The minimum atomic E-state index is -0.869. The zero-order chi connectivity index (χ0) is 22.4. The molecular weight excluding hydrogens is 435 g/mol. The summed E-state index contributed by atoms with van der Waals surface area (Å²) in [6.45, 7) is 2.16. The van der Waals surface area contributed by atoms with Crippen molar-refractivity contribution < 1.29 is 14.3 Å². The first-order chi connectivity index (χ1) is 14.9. The monoisotopic (exact) mass is 462 g/mol. The molecule has 1 aliphatic rings. The van der Waals surface area contributed by atoms with Crippen LogP contribution in [0.15, 0.2) is 48.5 Å². The largest absolute Gasteiger partial charge is 0.497 e. The minimum Gasteiger partial charge on any atom is -0.497 e. The van der Waals surface area contributed by atoms with Crippen molar-refractivity contribution >= 4 is 40.7 Å². The van der Waals surface area contributed by atoms with Crippen molar-refractivity contribution in [2.24, 2.45) is 5.92 Å². The molecule has 1 saturated carbocycles. The van der Waals surface area contributed by atoms with Gasteiger partial charge >= 0.3 is 0 Å². The van der Waals surface area contributed by atoms with Crippen LogP contribution in [0.4, 0.5) is 5.69 Å². The van der Waals surface area contributed by atoms with Gasteiger partial charge in [0.15, 0.2) is 0 Å². The number of halogens is 2. The molecule has 166 valence electrons. The van der Waals surface area contributed by atoms with Crippen molar-refractivity contribution in [1.82, 2.24) is 5.32 Å². The van der Waals surface area contributed by atoms with Gasteiger partial charge in [0.2, 0.25) is 11.8 Å². The minimum absolute atomic E-state index is 0.0832. The average molecular weight is 463 g/mol. The van der Waals surface area contributed by atoms with Gasteiger partial charge < -0.3 is 10.1 Å². The molecule has 1 fully saturated rings. The fourth-order valence-corrected chi connectivity index (χ4v) is 4.35. The molecule has 0 unspecified atom stereocenters. The Morgan fingerprint density at radius 3 is 2.32 bits per heavy atom. The number of anilines is 1. The predicted octanol–water partition coefficient (Wildman–Crippen LogP) is 5.36. The molecule has 0 aliphatic heterocycles. The number of ether oxygens (including phenoxy) is 1. The Morgan fingerprint density at radius 1 is 1.10 bits per heavy atom. The van der Waals surface area contributed by atoms with E-state index in [0.29, 0.717) is 27.9 Å². The van der Waals surface area contributed by atoms with E-state index in [1.807, 2.05) is 0 Å². The summed E-state index contributed by atoms with van der Waals surface area (Å²) in [7, 11) is 1.58. The van der Waals surface area contributed by atoms with Gasteiger partial charge in [-0.05, 0) is 60.7 Å². The molecular formula is C24H28Cl2N2O3. The number of benzene rings is 2. The maximum absolute atomic E-state index is 13.6. The third kappa shape index (κ3) is 5.72. The molecule has 0 radical (unpaired) electrons. The Bertz CT molecular complexity index is 887. The third-order valence-corrected chi connectivity index (χ3v) is 6.35. The number of amides is 2. The number of hydrogen-bond acceptors (Lipinski definition) is 3. The Labute approximate surface area is 193 Å². The van der Waals surface area contributed by atoms with E-state index in [4.69, 9.17) is 27.9 Å². The van der Waals surface area contributed by atoms with Crippen molar-refractivity contribution in [3.8, 4) is 5.75 Å². The standard InChI is InChI=1S/C24H28Cl2N2O3/c1-16-5-3-4-6-21(16)27-24(30)23(17-7-9-18(26)10-8-17)28(22(29)15-25)19-11-13-20(31-2)14-12-19/h7-14,16,21,23H,3-6,15H2,1-2H3,(H,27,30)/t16-,21+,23+/m1/s1. The highest BCUT2D eigenvalue weighted by atomic mass is 35.5. The van der Waals surface area contributed by atoms with E-state index in [0.717, 1.165) is 19.3 Å². The number of alkyl halides is 1. The molecule has 31 heavy (non-hydrogen) atoms. The Hall–Kier alpha value is -2.24. The second kappa shape index (κ2) is 10.9. The maximum Gasteiger partial charge on any atom is 0.248 e. The fourth-order valence-electron chi connectivity index (χ4n) is 4.10. The summed E-state index contributed by atoms with van der Waals surface area (Å²) in [4.78, 5) is 28.0. The van der Waals surface area contributed by atoms with E-state index >= 15 is 0 Å². The third-order valence-electron chi connectivity index (χ3n) is 5.87. The highest BCUT2D eigenvalue weighted by molar-refractivity contribution is 6.30. The fraction of sp³-hybridized carbons (Fsp3) is 0.417. The molecule has 0 aromatic heterocycles. The van der Waals surface area contributed by atoms with Crippen LogP contribution >= 0.6 is 23.2 Å². The zero-order valence-electron chi connectivity index (χ0n) is 17.8. The number of rotatable bonds is 7. The van der Waals surface area contributed by atoms with Crippen LogP contribution in [0.1, 0.15) is 44.2 Å². The second-order valence-electron chi connectivity index (χ2n) is 7.93. The molecule has 0 spiro atoms. The smallest absolute Gasteiger partial charge is 0.248 e. The molecule has 1 aliphatic carbocycles.